The number of fused-ring (bicyclic) bond motifs is 1. The molecule has 4 rings (SSSR count). The van der Waals surface area contributed by atoms with Crippen LogP contribution in [0.1, 0.15) is 25.8 Å². The molecule has 1 aromatic carbocycles. The van der Waals surface area contributed by atoms with Crippen LogP contribution in [0.3, 0.4) is 0 Å². The van der Waals surface area contributed by atoms with E-state index in [2.05, 4.69) is 40.5 Å². The van der Waals surface area contributed by atoms with Gasteiger partial charge in [-0.25, -0.2) is 4.39 Å². The van der Waals surface area contributed by atoms with Crippen molar-refractivity contribution >= 4 is 22.5 Å². The first kappa shape index (κ1) is 22.0. The lowest BCUT2D eigenvalue weighted by Gasteiger charge is -2.46. The molecule has 0 radical (unpaired) electrons. The van der Waals surface area contributed by atoms with E-state index in [-0.39, 0.29) is 17.4 Å². The minimum Gasteiger partial charge on any atom is -0.365 e. The highest BCUT2D eigenvalue weighted by atomic mass is 19.1. The number of pyridine rings is 2. The first-order chi connectivity index (χ1) is 15.3. The Morgan fingerprint density at radius 3 is 2.62 bits per heavy atom. The SMILES string of the molecule is [C-]#[N+]c1ccc2c(n1)c(N1C[C@@H](C)C(N(C)Cc3ccc(F)cc3)C[C@@H]1C)cc(=O)n2C. The highest BCUT2D eigenvalue weighted by Gasteiger charge is 2.35. The van der Waals surface area contributed by atoms with Gasteiger partial charge in [-0.05, 0) is 56.1 Å². The van der Waals surface area contributed by atoms with Crippen LogP contribution in [0.2, 0.25) is 0 Å². The highest BCUT2D eigenvalue weighted by molar-refractivity contribution is 5.89. The van der Waals surface area contributed by atoms with Crippen molar-refractivity contribution in [1.29, 1.82) is 0 Å². The molecule has 3 heterocycles. The predicted molar refractivity (Wildman–Crippen MR) is 125 cm³/mol. The molecule has 32 heavy (non-hydrogen) atoms. The Hall–Kier alpha value is -3.24. The normalized spacial score (nSPS) is 21.2. The first-order valence-electron chi connectivity index (χ1n) is 10.9. The van der Waals surface area contributed by atoms with E-state index in [0.717, 1.165) is 36.3 Å². The van der Waals surface area contributed by atoms with Crippen LogP contribution in [-0.4, -0.2) is 40.1 Å². The molecule has 6 nitrogen and oxygen atoms in total. The number of aromatic nitrogens is 2. The third-order valence-corrected chi connectivity index (χ3v) is 6.65. The van der Waals surface area contributed by atoms with Gasteiger partial charge >= 0.3 is 0 Å². The summed E-state index contributed by atoms with van der Waals surface area (Å²) < 4.78 is 14.8. The lowest BCUT2D eigenvalue weighted by Crippen LogP contribution is -2.53. The van der Waals surface area contributed by atoms with Crippen LogP contribution in [0.4, 0.5) is 15.9 Å². The Bertz CT molecular complexity index is 1230. The molecule has 1 aliphatic rings. The van der Waals surface area contributed by atoms with Gasteiger partial charge in [-0.1, -0.05) is 25.6 Å². The second-order valence-electron chi connectivity index (χ2n) is 8.90. The number of benzene rings is 1. The molecule has 1 fully saturated rings. The van der Waals surface area contributed by atoms with Gasteiger partial charge in [0.15, 0.2) is 0 Å². The quantitative estimate of drug-likeness (QED) is 0.574. The molecule has 0 saturated carbocycles. The zero-order valence-corrected chi connectivity index (χ0v) is 18.9. The zero-order valence-electron chi connectivity index (χ0n) is 18.9. The lowest BCUT2D eigenvalue weighted by molar-refractivity contribution is 0.138. The summed E-state index contributed by atoms with van der Waals surface area (Å²) in [7, 11) is 3.85. The van der Waals surface area contributed by atoms with Crippen LogP contribution >= 0.6 is 0 Å². The van der Waals surface area contributed by atoms with E-state index in [1.807, 2.05) is 12.1 Å². The predicted octanol–water partition coefficient (Wildman–Crippen LogP) is 4.36. The number of hydrogen-bond acceptors (Lipinski definition) is 4. The summed E-state index contributed by atoms with van der Waals surface area (Å²) in [5, 5.41) is 0. The first-order valence-corrected chi connectivity index (χ1v) is 10.9. The van der Waals surface area contributed by atoms with Gasteiger partial charge in [-0.2, -0.15) is 0 Å². The second-order valence-corrected chi connectivity index (χ2v) is 8.90. The van der Waals surface area contributed by atoms with Crippen molar-refractivity contribution < 1.29 is 4.39 Å². The van der Waals surface area contributed by atoms with Crippen molar-refractivity contribution in [3.8, 4) is 0 Å². The summed E-state index contributed by atoms with van der Waals surface area (Å²) in [4.78, 5) is 25.3. The van der Waals surface area contributed by atoms with Crippen LogP contribution < -0.4 is 10.5 Å². The maximum atomic E-state index is 13.2. The minimum absolute atomic E-state index is 0.0831. The summed E-state index contributed by atoms with van der Waals surface area (Å²) in [6, 6.07) is 12.3. The molecule has 0 N–H and O–H groups in total. The Kier molecular flexibility index (Phi) is 5.98. The Morgan fingerprint density at radius 1 is 1.22 bits per heavy atom. The maximum absolute atomic E-state index is 13.2. The van der Waals surface area contributed by atoms with Crippen molar-refractivity contribution in [3.63, 3.8) is 0 Å². The summed E-state index contributed by atoms with van der Waals surface area (Å²) >= 11 is 0. The molecule has 1 unspecified atom stereocenters. The van der Waals surface area contributed by atoms with Gasteiger partial charge < -0.3 is 14.3 Å². The van der Waals surface area contributed by atoms with Gasteiger partial charge in [-0.15, -0.1) is 4.98 Å². The fourth-order valence-electron chi connectivity index (χ4n) is 4.85. The number of hydrogen-bond donors (Lipinski definition) is 0. The molecule has 7 heteroatoms. The lowest BCUT2D eigenvalue weighted by atomic mass is 9.87. The summed E-state index contributed by atoms with van der Waals surface area (Å²) in [6.45, 7) is 13.3. The number of rotatable bonds is 4. The number of halogens is 1. The highest BCUT2D eigenvalue weighted by Crippen LogP contribution is 2.34. The molecule has 3 aromatic rings. The molecule has 0 aliphatic carbocycles. The van der Waals surface area contributed by atoms with Crippen LogP contribution in [0.5, 0.6) is 0 Å². The number of piperidine rings is 1. The van der Waals surface area contributed by atoms with Crippen molar-refractivity contribution in [2.24, 2.45) is 13.0 Å². The molecular weight excluding hydrogens is 405 g/mol. The van der Waals surface area contributed by atoms with Gasteiger partial charge in [0.05, 0.1) is 11.2 Å². The van der Waals surface area contributed by atoms with E-state index in [9.17, 15) is 9.18 Å². The van der Waals surface area contributed by atoms with E-state index in [0.29, 0.717) is 23.3 Å². The van der Waals surface area contributed by atoms with E-state index in [4.69, 9.17) is 6.57 Å². The molecule has 0 bridgehead atoms. The van der Waals surface area contributed by atoms with Gasteiger partial charge in [-0.3, -0.25) is 9.69 Å². The van der Waals surface area contributed by atoms with Crippen molar-refractivity contribution in [2.45, 2.75) is 38.9 Å². The van der Waals surface area contributed by atoms with Crippen LogP contribution in [-0.2, 0) is 13.6 Å². The zero-order chi connectivity index (χ0) is 23.0. The Balaban J connectivity index is 1.62. The summed E-state index contributed by atoms with van der Waals surface area (Å²) in [6.07, 6.45) is 0.929. The van der Waals surface area contributed by atoms with Gasteiger partial charge in [0, 0.05) is 38.3 Å². The molecule has 3 atom stereocenters. The van der Waals surface area contributed by atoms with Crippen molar-refractivity contribution in [1.82, 2.24) is 14.5 Å². The van der Waals surface area contributed by atoms with Crippen LogP contribution in [0.25, 0.3) is 15.9 Å². The largest absolute Gasteiger partial charge is 0.365 e. The topological polar surface area (TPSA) is 45.7 Å². The fraction of sp³-hybridized carbons (Fsp3) is 0.400. The van der Waals surface area contributed by atoms with E-state index in [1.54, 1.807) is 29.8 Å². The Labute approximate surface area is 187 Å². The standard InChI is InChI=1S/C25H28FN5O/c1-16-14-31(17(2)12-21(16)29(4)15-18-6-8-19(26)9-7-18)22-13-24(32)30(5)20-10-11-23(27-3)28-25(20)22/h6-11,13,16-17,21H,12,14-15H2,1-2,4-5H3/t16-,17+,21?/m1/s1. The van der Waals surface area contributed by atoms with E-state index < -0.39 is 0 Å². The molecular formula is C25H28FN5O. The van der Waals surface area contributed by atoms with Crippen LogP contribution in [0.15, 0.2) is 47.3 Å². The number of anilines is 1. The molecule has 166 valence electrons. The fourth-order valence-corrected chi connectivity index (χ4v) is 4.85. The van der Waals surface area contributed by atoms with Gasteiger partial charge in [0.25, 0.3) is 11.4 Å². The number of nitrogens with zero attached hydrogens (tertiary/aromatic N) is 5. The third-order valence-electron chi connectivity index (χ3n) is 6.65. The molecule has 0 spiro atoms. The minimum atomic E-state index is -0.220. The Morgan fingerprint density at radius 2 is 1.94 bits per heavy atom. The monoisotopic (exact) mass is 433 g/mol. The molecule has 1 aliphatic heterocycles. The average molecular weight is 434 g/mol. The second kappa shape index (κ2) is 8.71. The van der Waals surface area contributed by atoms with E-state index in [1.165, 1.54) is 12.1 Å². The molecule has 0 amide bonds. The molecule has 2 aromatic heterocycles. The maximum Gasteiger partial charge on any atom is 0.270 e. The average Bonchev–Trinajstić information content (AvgIpc) is 2.78. The van der Waals surface area contributed by atoms with Gasteiger partial charge in [0.2, 0.25) is 5.52 Å². The smallest absolute Gasteiger partial charge is 0.270 e. The third kappa shape index (κ3) is 4.11. The van der Waals surface area contributed by atoms with Crippen LogP contribution in [0, 0.1) is 18.3 Å². The number of aryl methyl sites for hydroxylation is 1. The van der Waals surface area contributed by atoms with Crippen molar-refractivity contribution in [2.75, 3.05) is 18.5 Å². The molecule has 1 saturated heterocycles. The summed E-state index contributed by atoms with van der Waals surface area (Å²) in [5.41, 5.74) is 3.23. The van der Waals surface area contributed by atoms with E-state index >= 15 is 0 Å². The summed E-state index contributed by atoms with van der Waals surface area (Å²) in [5.74, 6) is 0.453. The van der Waals surface area contributed by atoms with Gasteiger partial charge in [0.1, 0.15) is 5.82 Å². The van der Waals surface area contributed by atoms with Crippen molar-refractivity contribution in [3.05, 3.63) is 75.6 Å².